The van der Waals surface area contributed by atoms with Crippen LogP contribution in [0.3, 0.4) is 0 Å². The molecule has 0 spiro atoms. The highest BCUT2D eigenvalue weighted by Gasteiger charge is 2.25. The third-order valence-corrected chi connectivity index (χ3v) is 5.48. The van der Waals surface area contributed by atoms with E-state index in [2.05, 4.69) is 44.4 Å². The summed E-state index contributed by atoms with van der Waals surface area (Å²) in [4.78, 5) is 22.7. The van der Waals surface area contributed by atoms with E-state index in [0.29, 0.717) is 13.2 Å². The van der Waals surface area contributed by atoms with Crippen LogP contribution in [0.2, 0.25) is 0 Å². The largest absolute Gasteiger partial charge is 0.375 e. The van der Waals surface area contributed by atoms with Crippen molar-refractivity contribution >= 4 is 41.5 Å². The minimum atomic E-state index is -0.0711. The van der Waals surface area contributed by atoms with E-state index in [0.717, 1.165) is 37.6 Å². The first-order valence-corrected chi connectivity index (χ1v) is 11.0. The standard InChI is InChI=1S/C23H35N7O2.HI/c1-27(2)22(31)16-25-23(24-11-8-12-28(3)20-9-6-5-7-10-20)30-13-14-32-21(18-30)19-15-26-29(4)17-19;/h5-7,9-10,15,17,21H,8,11-14,16,18H2,1-4H3,(H,24,25);1H. The number of nitrogens with zero attached hydrogens (tertiary/aromatic N) is 6. The maximum atomic E-state index is 12.1. The van der Waals surface area contributed by atoms with Crippen molar-refractivity contribution in [2.45, 2.75) is 12.5 Å². The summed E-state index contributed by atoms with van der Waals surface area (Å²) in [7, 11) is 7.49. The maximum Gasteiger partial charge on any atom is 0.243 e. The lowest BCUT2D eigenvalue weighted by molar-refractivity contribution is -0.127. The van der Waals surface area contributed by atoms with E-state index >= 15 is 0 Å². The molecule has 0 radical (unpaired) electrons. The molecule has 1 fully saturated rings. The molecule has 0 saturated carbocycles. The van der Waals surface area contributed by atoms with Crippen LogP contribution in [-0.4, -0.2) is 91.9 Å². The van der Waals surface area contributed by atoms with Crippen LogP contribution in [0.15, 0.2) is 47.7 Å². The van der Waals surface area contributed by atoms with Crippen molar-refractivity contribution in [2.75, 3.05) is 65.4 Å². The first kappa shape index (κ1) is 26.9. The number of benzene rings is 1. The van der Waals surface area contributed by atoms with Crippen molar-refractivity contribution in [1.82, 2.24) is 24.9 Å². The van der Waals surface area contributed by atoms with Gasteiger partial charge in [0.25, 0.3) is 0 Å². The van der Waals surface area contributed by atoms with Gasteiger partial charge in [-0.2, -0.15) is 5.10 Å². The SMILES string of the molecule is CN(C)C(=O)CN=C(NCCCN(C)c1ccccc1)N1CCOC(c2cnn(C)c2)C1.I. The first-order chi connectivity index (χ1) is 15.4. The molecule has 1 N–H and O–H groups in total. The Balaban J connectivity index is 0.00000385. The number of amides is 1. The Hall–Kier alpha value is -2.34. The second-order valence-electron chi connectivity index (χ2n) is 8.22. The number of guanidine groups is 1. The summed E-state index contributed by atoms with van der Waals surface area (Å²) >= 11 is 0. The molecule has 1 atom stereocenters. The lowest BCUT2D eigenvalue weighted by Gasteiger charge is -2.35. The molecule has 1 aromatic carbocycles. The topological polar surface area (TPSA) is 78.2 Å². The van der Waals surface area contributed by atoms with Gasteiger partial charge in [-0.25, -0.2) is 4.99 Å². The monoisotopic (exact) mass is 569 g/mol. The van der Waals surface area contributed by atoms with Crippen molar-refractivity contribution in [3.05, 3.63) is 48.3 Å². The molecular weight excluding hydrogens is 533 g/mol. The van der Waals surface area contributed by atoms with Gasteiger partial charge in [0.15, 0.2) is 5.96 Å². The number of likely N-dealkylation sites (N-methyl/N-ethyl adjacent to an activating group) is 1. The lowest BCUT2D eigenvalue weighted by atomic mass is 10.1. The molecule has 1 unspecified atom stereocenters. The Morgan fingerprint density at radius 2 is 2.03 bits per heavy atom. The van der Waals surface area contributed by atoms with E-state index in [-0.39, 0.29) is 42.5 Å². The summed E-state index contributed by atoms with van der Waals surface area (Å²) in [6, 6.07) is 10.3. The molecule has 182 valence electrons. The number of aliphatic imine (C=N–C) groups is 1. The van der Waals surface area contributed by atoms with E-state index in [4.69, 9.17) is 4.74 Å². The van der Waals surface area contributed by atoms with Gasteiger partial charge in [-0.1, -0.05) is 18.2 Å². The summed E-state index contributed by atoms with van der Waals surface area (Å²) in [6.07, 6.45) is 4.70. The average Bonchev–Trinajstić information content (AvgIpc) is 3.25. The molecule has 1 saturated heterocycles. The number of para-hydroxylation sites is 1. The number of nitrogens with one attached hydrogen (secondary N) is 1. The zero-order chi connectivity index (χ0) is 22.9. The number of ether oxygens (including phenoxy) is 1. The molecule has 0 aliphatic carbocycles. The summed E-state index contributed by atoms with van der Waals surface area (Å²) in [5, 5.41) is 7.73. The van der Waals surface area contributed by atoms with Gasteiger partial charge in [-0.15, -0.1) is 24.0 Å². The normalized spacial score (nSPS) is 16.2. The molecule has 2 aromatic rings. The lowest BCUT2D eigenvalue weighted by Crippen LogP contribution is -2.49. The number of halogens is 1. The highest BCUT2D eigenvalue weighted by Crippen LogP contribution is 2.21. The zero-order valence-corrected chi connectivity index (χ0v) is 22.3. The fraction of sp³-hybridized carbons (Fsp3) is 0.522. The molecular formula is C23H36IN7O2. The Labute approximate surface area is 213 Å². The van der Waals surface area contributed by atoms with Crippen molar-refractivity contribution in [1.29, 1.82) is 0 Å². The van der Waals surface area contributed by atoms with E-state index in [1.165, 1.54) is 5.69 Å². The fourth-order valence-corrected chi connectivity index (χ4v) is 3.53. The number of aryl methyl sites for hydroxylation is 1. The van der Waals surface area contributed by atoms with Gasteiger partial charge in [-0.05, 0) is 18.6 Å². The minimum Gasteiger partial charge on any atom is -0.375 e. The Morgan fingerprint density at radius 1 is 1.27 bits per heavy atom. The number of rotatable bonds is 8. The molecule has 0 bridgehead atoms. The molecule has 1 aliphatic rings. The van der Waals surface area contributed by atoms with E-state index < -0.39 is 0 Å². The van der Waals surface area contributed by atoms with Crippen LogP contribution in [0.4, 0.5) is 5.69 Å². The molecule has 3 rings (SSSR count). The van der Waals surface area contributed by atoms with Gasteiger partial charge < -0.3 is 24.8 Å². The highest BCUT2D eigenvalue weighted by molar-refractivity contribution is 14.0. The van der Waals surface area contributed by atoms with E-state index in [9.17, 15) is 4.79 Å². The minimum absolute atomic E-state index is 0. The van der Waals surface area contributed by atoms with Gasteiger partial charge >= 0.3 is 0 Å². The van der Waals surface area contributed by atoms with Crippen molar-refractivity contribution < 1.29 is 9.53 Å². The van der Waals surface area contributed by atoms with Crippen LogP contribution in [0.25, 0.3) is 0 Å². The summed E-state index contributed by atoms with van der Waals surface area (Å²) in [6.45, 7) is 3.79. The Kier molecular flexibility index (Phi) is 10.9. The number of carbonyl (C=O) groups excluding carboxylic acids is 1. The van der Waals surface area contributed by atoms with Gasteiger partial charge in [0.05, 0.1) is 19.3 Å². The third kappa shape index (κ3) is 8.18. The zero-order valence-electron chi connectivity index (χ0n) is 20.0. The number of carbonyl (C=O) groups is 1. The van der Waals surface area contributed by atoms with Crippen molar-refractivity contribution in [3.63, 3.8) is 0 Å². The van der Waals surface area contributed by atoms with Crippen LogP contribution in [0, 0.1) is 0 Å². The van der Waals surface area contributed by atoms with Gasteiger partial charge in [0.1, 0.15) is 12.6 Å². The average molecular weight is 569 g/mol. The van der Waals surface area contributed by atoms with Crippen molar-refractivity contribution in [2.24, 2.45) is 12.0 Å². The van der Waals surface area contributed by atoms with E-state index in [1.54, 1.807) is 23.7 Å². The number of hydrogen-bond donors (Lipinski definition) is 1. The molecule has 1 aliphatic heterocycles. The fourth-order valence-electron chi connectivity index (χ4n) is 3.53. The van der Waals surface area contributed by atoms with Crippen LogP contribution in [-0.2, 0) is 16.6 Å². The van der Waals surface area contributed by atoms with Crippen LogP contribution < -0.4 is 10.2 Å². The third-order valence-electron chi connectivity index (χ3n) is 5.48. The molecule has 10 heteroatoms. The number of aromatic nitrogens is 2. The molecule has 2 heterocycles. The number of anilines is 1. The summed E-state index contributed by atoms with van der Waals surface area (Å²) in [5.41, 5.74) is 2.25. The number of morpholine rings is 1. The predicted molar refractivity (Wildman–Crippen MR) is 142 cm³/mol. The summed E-state index contributed by atoms with van der Waals surface area (Å²) < 4.78 is 7.75. The summed E-state index contributed by atoms with van der Waals surface area (Å²) in [5.74, 6) is 0.727. The first-order valence-electron chi connectivity index (χ1n) is 11.0. The van der Waals surface area contributed by atoms with Crippen molar-refractivity contribution in [3.8, 4) is 0 Å². The molecule has 33 heavy (non-hydrogen) atoms. The molecule has 1 amide bonds. The second kappa shape index (κ2) is 13.4. The number of hydrogen-bond acceptors (Lipinski definition) is 5. The Morgan fingerprint density at radius 3 is 2.70 bits per heavy atom. The maximum absolute atomic E-state index is 12.1. The molecule has 9 nitrogen and oxygen atoms in total. The van der Waals surface area contributed by atoms with Crippen LogP contribution >= 0.6 is 24.0 Å². The quantitative estimate of drug-likeness (QED) is 0.227. The van der Waals surface area contributed by atoms with Crippen LogP contribution in [0.1, 0.15) is 18.1 Å². The van der Waals surface area contributed by atoms with Gasteiger partial charge in [0, 0.05) is 65.3 Å². The second-order valence-corrected chi connectivity index (χ2v) is 8.22. The highest BCUT2D eigenvalue weighted by atomic mass is 127. The molecule has 1 aromatic heterocycles. The Bertz CT molecular complexity index is 888. The predicted octanol–water partition coefficient (Wildman–Crippen LogP) is 1.97. The smallest absolute Gasteiger partial charge is 0.243 e. The van der Waals surface area contributed by atoms with E-state index in [1.807, 2.05) is 37.6 Å². The van der Waals surface area contributed by atoms with Gasteiger partial charge in [0.2, 0.25) is 5.91 Å². The van der Waals surface area contributed by atoms with Gasteiger partial charge in [-0.3, -0.25) is 9.48 Å². The van der Waals surface area contributed by atoms with Crippen LogP contribution in [0.5, 0.6) is 0 Å².